The molecule has 10 nitrogen and oxygen atoms in total. The summed E-state index contributed by atoms with van der Waals surface area (Å²) in [5.74, 6) is -3.42. The fraction of sp³-hybridized carbons (Fsp3) is 0.286. The minimum Gasteiger partial charge on any atom is -0.484 e. The molecule has 1 aromatic heterocycles. The van der Waals surface area contributed by atoms with Gasteiger partial charge in [-0.2, -0.15) is 0 Å². The smallest absolute Gasteiger partial charge is 0.259 e. The van der Waals surface area contributed by atoms with E-state index < -0.39 is 29.1 Å². The highest BCUT2D eigenvalue weighted by Gasteiger charge is 2.58. The van der Waals surface area contributed by atoms with E-state index in [1.807, 2.05) is 0 Å². The Labute approximate surface area is 234 Å². The highest BCUT2D eigenvalue weighted by Crippen LogP contribution is 2.48. The van der Waals surface area contributed by atoms with Crippen molar-refractivity contribution >= 4 is 40.7 Å². The van der Waals surface area contributed by atoms with E-state index >= 15 is 0 Å². The SMILES string of the molecule is COCC1C(C(=O)Nc2ccc(Cl)cc2)C1C(=O)Nc1ccc(-n2ccc(OCC(=O)N(C)C)cc2=O)cc1F. The van der Waals surface area contributed by atoms with Crippen LogP contribution in [0.5, 0.6) is 5.75 Å². The van der Waals surface area contributed by atoms with Crippen molar-refractivity contribution in [1.82, 2.24) is 9.47 Å². The summed E-state index contributed by atoms with van der Waals surface area (Å²) < 4.78 is 26.7. The van der Waals surface area contributed by atoms with Gasteiger partial charge in [0.1, 0.15) is 11.6 Å². The van der Waals surface area contributed by atoms with Crippen molar-refractivity contribution in [2.24, 2.45) is 17.8 Å². The lowest BCUT2D eigenvalue weighted by atomic mass is 10.2. The van der Waals surface area contributed by atoms with Crippen LogP contribution in [0.15, 0.2) is 65.6 Å². The number of aromatic nitrogens is 1. The Morgan fingerprint density at radius 1 is 1.00 bits per heavy atom. The number of hydrogen-bond acceptors (Lipinski definition) is 6. The van der Waals surface area contributed by atoms with Crippen LogP contribution in [0.25, 0.3) is 5.69 Å². The number of nitrogens with zero attached hydrogens (tertiary/aromatic N) is 2. The number of carbonyl (C=O) groups excluding carboxylic acids is 3. The molecule has 1 aliphatic carbocycles. The molecule has 2 aromatic carbocycles. The second-order valence-electron chi connectivity index (χ2n) is 9.47. The van der Waals surface area contributed by atoms with Gasteiger partial charge in [-0.05, 0) is 42.5 Å². The van der Waals surface area contributed by atoms with Crippen LogP contribution in [0, 0.1) is 23.6 Å². The fourth-order valence-electron chi connectivity index (χ4n) is 4.26. The van der Waals surface area contributed by atoms with Crippen molar-refractivity contribution in [2.75, 3.05) is 45.1 Å². The maximum Gasteiger partial charge on any atom is 0.259 e. The summed E-state index contributed by atoms with van der Waals surface area (Å²) in [7, 11) is 4.65. The number of hydrogen-bond donors (Lipinski definition) is 2. The molecule has 0 saturated heterocycles. The first-order chi connectivity index (χ1) is 19.1. The lowest BCUT2D eigenvalue weighted by Crippen LogP contribution is -2.28. The van der Waals surface area contributed by atoms with E-state index in [1.54, 1.807) is 38.4 Å². The molecular weight excluding hydrogens is 543 g/mol. The third kappa shape index (κ3) is 6.67. The molecule has 1 aliphatic rings. The molecule has 3 unspecified atom stereocenters. The minimum atomic E-state index is -0.763. The van der Waals surface area contributed by atoms with E-state index in [2.05, 4.69) is 10.6 Å². The average Bonchev–Trinajstić information content (AvgIpc) is 3.64. The maximum absolute atomic E-state index is 15.0. The molecule has 0 radical (unpaired) electrons. The van der Waals surface area contributed by atoms with Crippen LogP contribution in [0.3, 0.4) is 0 Å². The van der Waals surface area contributed by atoms with Crippen molar-refractivity contribution in [1.29, 1.82) is 0 Å². The molecule has 0 spiro atoms. The van der Waals surface area contributed by atoms with Gasteiger partial charge in [0.15, 0.2) is 6.61 Å². The summed E-state index contributed by atoms with van der Waals surface area (Å²) in [6.07, 6.45) is 1.40. The standard InChI is InChI=1S/C28H28ClFN4O6/c1-33(2)24(36)15-40-19-10-11-34(23(35)13-19)18-8-9-22(21(30)12-18)32-28(38)26-20(14-39-3)25(26)27(37)31-17-6-4-16(29)5-7-17/h4-13,20,25-26H,14-15H2,1-3H3,(H,31,37)(H,32,38). The lowest BCUT2D eigenvalue weighted by molar-refractivity contribution is -0.130. The summed E-state index contributed by atoms with van der Waals surface area (Å²) in [5, 5.41) is 5.83. The Balaban J connectivity index is 1.42. The van der Waals surface area contributed by atoms with Gasteiger partial charge in [-0.3, -0.25) is 23.7 Å². The van der Waals surface area contributed by atoms with Crippen molar-refractivity contribution in [3.05, 3.63) is 82.0 Å². The van der Waals surface area contributed by atoms with Crippen molar-refractivity contribution in [3.63, 3.8) is 0 Å². The first kappa shape index (κ1) is 28.8. The second-order valence-corrected chi connectivity index (χ2v) is 9.90. The summed E-state index contributed by atoms with van der Waals surface area (Å²) >= 11 is 5.88. The summed E-state index contributed by atoms with van der Waals surface area (Å²) in [6, 6.07) is 13.2. The summed E-state index contributed by atoms with van der Waals surface area (Å²) in [5.41, 5.74) is 0.167. The van der Waals surface area contributed by atoms with Crippen LogP contribution in [-0.2, 0) is 19.1 Å². The molecular formula is C28H28ClFN4O6. The van der Waals surface area contributed by atoms with E-state index in [-0.39, 0.29) is 48.1 Å². The zero-order valence-electron chi connectivity index (χ0n) is 22.0. The average molecular weight is 571 g/mol. The summed E-state index contributed by atoms with van der Waals surface area (Å²) in [6.45, 7) is -0.0422. The maximum atomic E-state index is 15.0. The van der Waals surface area contributed by atoms with Gasteiger partial charge in [-0.25, -0.2) is 4.39 Å². The number of likely N-dealkylation sites (N-methyl/N-ethyl adjacent to an activating group) is 1. The molecule has 1 saturated carbocycles. The first-order valence-corrected chi connectivity index (χ1v) is 12.7. The summed E-state index contributed by atoms with van der Waals surface area (Å²) in [4.78, 5) is 51.4. The molecule has 0 bridgehead atoms. The van der Waals surface area contributed by atoms with Gasteiger partial charge in [0, 0.05) is 56.2 Å². The Morgan fingerprint density at radius 3 is 2.27 bits per heavy atom. The molecule has 3 aromatic rings. The zero-order valence-corrected chi connectivity index (χ0v) is 22.8. The number of rotatable bonds is 10. The molecule has 12 heteroatoms. The van der Waals surface area contributed by atoms with E-state index in [1.165, 1.54) is 47.0 Å². The van der Waals surface area contributed by atoms with Gasteiger partial charge in [0.25, 0.3) is 11.5 Å². The van der Waals surface area contributed by atoms with Crippen LogP contribution < -0.4 is 20.9 Å². The van der Waals surface area contributed by atoms with E-state index in [0.29, 0.717) is 10.7 Å². The van der Waals surface area contributed by atoms with Gasteiger partial charge >= 0.3 is 0 Å². The first-order valence-electron chi connectivity index (χ1n) is 12.3. The van der Waals surface area contributed by atoms with Crippen LogP contribution in [0.4, 0.5) is 15.8 Å². The zero-order chi connectivity index (χ0) is 29.0. The van der Waals surface area contributed by atoms with Crippen LogP contribution in [-0.4, -0.2) is 61.6 Å². The molecule has 210 valence electrons. The van der Waals surface area contributed by atoms with Gasteiger partial charge in [0.2, 0.25) is 11.8 Å². The van der Waals surface area contributed by atoms with Crippen LogP contribution in [0.1, 0.15) is 0 Å². The number of halogens is 2. The normalized spacial score (nSPS) is 17.6. The Morgan fingerprint density at radius 2 is 1.68 bits per heavy atom. The number of pyridine rings is 1. The van der Waals surface area contributed by atoms with Gasteiger partial charge in [-0.15, -0.1) is 0 Å². The highest BCUT2D eigenvalue weighted by molar-refractivity contribution is 6.30. The third-order valence-electron chi connectivity index (χ3n) is 6.49. The second kappa shape index (κ2) is 12.3. The molecule has 40 heavy (non-hydrogen) atoms. The number of amides is 3. The number of methoxy groups -OCH3 is 1. The van der Waals surface area contributed by atoms with E-state index in [9.17, 15) is 23.6 Å². The van der Waals surface area contributed by atoms with Crippen LogP contribution in [0.2, 0.25) is 5.02 Å². The number of nitrogens with one attached hydrogen (secondary N) is 2. The number of benzene rings is 2. The van der Waals surface area contributed by atoms with E-state index in [0.717, 1.165) is 6.07 Å². The lowest BCUT2D eigenvalue weighted by Gasteiger charge is -2.12. The molecule has 4 rings (SSSR count). The van der Waals surface area contributed by atoms with Crippen molar-refractivity contribution in [3.8, 4) is 11.4 Å². The van der Waals surface area contributed by atoms with Crippen molar-refractivity contribution < 1.29 is 28.2 Å². The Bertz CT molecular complexity index is 1480. The molecule has 3 amide bonds. The largest absolute Gasteiger partial charge is 0.484 e. The Kier molecular flexibility index (Phi) is 8.86. The molecule has 0 aliphatic heterocycles. The molecule has 3 atom stereocenters. The molecule has 2 N–H and O–H groups in total. The quantitative estimate of drug-likeness (QED) is 0.386. The fourth-order valence-corrected chi connectivity index (χ4v) is 4.38. The predicted molar refractivity (Wildman–Crippen MR) is 147 cm³/mol. The van der Waals surface area contributed by atoms with Gasteiger partial charge < -0.3 is 25.0 Å². The van der Waals surface area contributed by atoms with Gasteiger partial charge in [-0.1, -0.05) is 11.6 Å². The third-order valence-corrected chi connectivity index (χ3v) is 6.74. The highest BCUT2D eigenvalue weighted by atomic mass is 35.5. The number of ether oxygens (including phenoxy) is 2. The topological polar surface area (TPSA) is 119 Å². The Hall–Kier alpha value is -4.22. The van der Waals surface area contributed by atoms with E-state index in [4.69, 9.17) is 21.1 Å². The molecule has 1 heterocycles. The molecule has 1 fully saturated rings. The minimum absolute atomic E-state index is 0.0936. The number of carbonyl (C=O) groups is 3. The van der Waals surface area contributed by atoms with Gasteiger partial charge in [0.05, 0.1) is 29.8 Å². The van der Waals surface area contributed by atoms with Crippen molar-refractivity contribution in [2.45, 2.75) is 0 Å². The van der Waals surface area contributed by atoms with Crippen LogP contribution >= 0.6 is 11.6 Å². The number of anilines is 2. The monoisotopic (exact) mass is 570 g/mol. The predicted octanol–water partition coefficient (Wildman–Crippen LogP) is 3.18.